The number of carbonyl (C=O) groups is 2. The minimum atomic E-state index is -1.82. The van der Waals surface area contributed by atoms with Gasteiger partial charge >= 0.3 is 11.9 Å². The number of carboxylic acid groups (broad SMARTS) is 2. The van der Waals surface area contributed by atoms with E-state index in [0.29, 0.717) is 12.4 Å². The summed E-state index contributed by atoms with van der Waals surface area (Å²) in [6, 6.07) is 1.82. The Bertz CT molecular complexity index is 362. The van der Waals surface area contributed by atoms with Crippen LogP contribution in [0.15, 0.2) is 6.07 Å². The zero-order chi connectivity index (χ0) is 12.7. The third kappa shape index (κ3) is 4.42. The average molecular weight is 231 g/mol. The quantitative estimate of drug-likeness (QED) is 0.559. The van der Waals surface area contributed by atoms with E-state index in [2.05, 4.69) is 5.10 Å². The van der Waals surface area contributed by atoms with Crippen LogP contribution in [0.4, 0.5) is 0 Å². The van der Waals surface area contributed by atoms with Gasteiger partial charge in [0.1, 0.15) is 0 Å². The second kappa shape index (κ2) is 6.40. The lowest BCUT2D eigenvalue weighted by Crippen LogP contribution is -2.09. The molecule has 0 unspecified atom stereocenters. The topological polar surface area (TPSA) is 128 Å². The molecule has 90 valence electrons. The van der Waals surface area contributed by atoms with E-state index in [1.54, 1.807) is 11.8 Å². The highest BCUT2D eigenvalue weighted by atomic mass is 16.5. The van der Waals surface area contributed by atoms with Gasteiger partial charge in [0.15, 0.2) is 0 Å². The number of nitrogens with two attached hydrogens (primary N) is 1. The number of hydrogen-bond donors (Lipinski definition) is 3. The predicted octanol–water partition coefficient (Wildman–Crippen LogP) is -0.957. The minimum Gasteiger partial charge on any atom is -0.480 e. The van der Waals surface area contributed by atoms with Gasteiger partial charge in [-0.05, 0) is 0 Å². The standard InChI is InChI=1S/C6H11N3O.C2H2O4/c1-9-5(4-7)3-6(8-9)10-2;3-1(4)2(5)6/h3H,4,7H2,1-2H3;(H,3,4)(H,5,6). The highest BCUT2D eigenvalue weighted by Crippen LogP contribution is 2.08. The van der Waals surface area contributed by atoms with Crippen molar-refractivity contribution in [2.24, 2.45) is 12.8 Å². The summed E-state index contributed by atoms with van der Waals surface area (Å²) in [5.74, 6) is -3.03. The molecular formula is C8H13N3O5. The Balaban J connectivity index is 0.000000325. The maximum Gasteiger partial charge on any atom is 0.414 e. The van der Waals surface area contributed by atoms with Crippen LogP contribution in [0, 0.1) is 0 Å². The second-order valence-corrected chi connectivity index (χ2v) is 2.62. The van der Waals surface area contributed by atoms with Gasteiger partial charge in [-0.3, -0.25) is 4.68 Å². The van der Waals surface area contributed by atoms with Gasteiger partial charge in [0.25, 0.3) is 0 Å². The number of aliphatic carboxylic acids is 2. The fourth-order valence-corrected chi connectivity index (χ4v) is 0.768. The first kappa shape index (κ1) is 13.9. The zero-order valence-electron chi connectivity index (χ0n) is 8.88. The Labute approximate surface area is 91.2 Å². The van der Waals surface area contributed by atoms with Crippen molar-refractivity contribution in [1.82, 2.24) is 9.78 Å². The van der Waals surface area contributed by atoms with Crippen LogP contribution in [0.2, 0.25) is 0 Å². The largest absolute Gasteiger partial charge is 0.480 e. The maximum atomic E-state index is 9.10. The molecule has 1 heterocycles. The molecule has 8 heteroatoms. The van der Waals surface area contributed by atoms with Gasteiger partial charge in [-0.25, -0.2) is 9.59 Å². The molecule has 0 aliphatic rings. The lowest BCUT2D eigenvalue weighted by Gasteiger charge is -1.92. The highest BCUT2D eigenvalue weighted by molar-refractivity contribution is 6.27. The average Bonchev–Trinajstić information content (AvgIpc) is 2.59. The summed E-state index contributed by atoms with van der Waals surface area (Å²) < 4.78 is 6.60. The van der Waals surface area contributed by atoms with E-state index in [0.717, 1.165) is 5.69 Å². The van der Waals surface area contributed by atoms with Crippen molar-refractivity contribution in [3.63, 3.8) is 0 Å². The van der Waals surface area contributed by atoms with Crippen molar-refractivity contribution >= 4 is 11.9 Å². The van der Waals surface area contributed by atoms with Crippen LogP contribution >= 0.6 is 0 Å². The first-order valence-electron chi connectivity index (χ1n) is 4.15. The summed E-state index contributed by atoms with van der Waals surface area (Å²) in [5.41, 5.74) is 6.37. The lowest BCUT2D eigenvalue weighted by atomic mass is 10.4. The highest BCUT2D eigenvalue weighted by Gasteiger charge is 2.04. The predicted molar refractivity (Wildman–Crippen MR) is 52.9 cm³/mol. The van der Waals surface area contributed by atoms with Crippen LogP contribution in [-0.4, -0.2) is 39.0 Å². The fourth-order valence-electron chi connectivity index (χ4n) is 0.768. The molecule has 0 spiro atoms. The third-order valence-corrected chi connectivity index (χ3v) is 1.56. The molecule has 0 saturated heterocycles. The molecule has 1 rings (SSSR count). The summed E-state index contributed by atoms with van der Waals surface area (Å²) in [6.45, 7) is 0.493. The molecule has 0 aliphatic carbocycles. The SMILES string of the molecule is COc1cc(CN)n(C)n1.O=C(O)C(=O)O. The molecule has 8 nitrogen and oxygen atoms in total. The summed E-state index contributed by atoms with van der Waals surface area (Å²) in [6.07, 6.45) is 0. The normalized spacial score (nSPS) is 8.94. The Morgan fingerprint density at radius 1 is 1.50 bits per heavy atom. The number of methoxy groups -OCH3 is 1. The number of ether oxygens (including phenoxy) is 1. The minimum absolute atomic E-state index is 0.493. The van der Waals surface area contributed by atoms with Crippen molar-refractivity contribution in [1.29, 1.82) is 0 Å². The van der Waals surface area contributed by atoms with E-state index in [1.807, 2.05) is 13.1 Å². The number of aryl methyl sites for hydroxylation is 1. The summed E-state index contributed by atoms with van der Waals surface area (Å²) in [7, 11) is 3.42. The van der Waals surface area contributed by atoms with Crippen LogP contribution < -0.4 is 10.5 Å². The molecule has 0 saturated carbocycles. The fraction of sp³-hybridized carbons (Fsp3) is 0.375. The van der Waals surface area contributed by atoms with Crippen LogP contribution in [-0.2, 0) is 23.2 Å². The summed E-state index contributed by atoms with van der Waals surface area (Å²) in [5, 5.41) is 18.8. The van der Waals surface area contributed by atoms with Gasteiger partial charge in [0.2, 0.25) is 5.88 Å². The summed E-state index contributed by atoms with van der Waals surface area (Å²) >= 11 is 0. The Hall–Kier alpha value is -2.09. The molecule has 1 aromatic heterocycles. The third-order valence-electron chi connectivity index (χ3n) is 1.56. The molecule has 0 fully saturated rings. The lowest BCUT2D eigenvalue weighted by molar-refractivity contribution is -0.159. The van der Waals surface area contributed by atoms with Crippen LogP contribution in [0.25, 0.3) is 0 Å². The van der Waals surface area contributed by atoms with Crippen molar-refractivity contribution in [2.45, 2.75) is 6.54 Å². The molecule has 4 N–H and O–H groups in total. The van der Waals surface area contributed by atoms with E-state index < -0.39 is 11.9 Å². The second-order valence-electron chi connectivity index (χ2n) is 2.62. The molecule has 16 heavy (non-hydrogen) atoms. The number of aromatic nitrogens is 2. The van der Waals surface area contributed by atoms with Crippen molar-refractivity contribution in [3.05, 3.63) is 11.8 Å². The Kier molecular flexibility index (Phi) is 5.57. The van der Waals surface area contributed by atoms with E-state index in [-0.39, 0.29) is 0 Å². The first-order valence-corrected chi connectivity index (χ1v) is 4.15. The van der Waals surface area contributed by atoms with E-state index in [9.17, 15) is 0 Å². The van der Waals surface area contributed by atoms with Crippen molar-refractivity contribution in [3.8, 4) is 5.88 Å². The number of rotatable bonds is 2. The molecular weight excluding hydrogens is 218 g/mol. The molecule has 0 aliphatic heterocycles. The summed E-state index contributed by atoms with van der Waals surface area (Å²) in [4.78, 5) is 18.2. The number of carboxylic acids is 2. The Morgan fingerprint density at radius 2 is 2.00 bits per heavy atom. The molecule has 0 amide bonds. The van der Waals surface area contributed by atoms with E-state index >= 15 is 0 Å². The van der Waals surface area contributed by atoms with E-state index in [4.69, 9.17) is 30.3 Å². The van der Waals surface area contributed by atoms with Crippen molar-refractivity contribution < 1.29 is 24.5 Å². The van der Waals surface area contributed by atoms with Crippen LogP contribution in [0.5, 0.6) is 5.88 Å². The van der Waals surface area contributed by atoms with Gasteiger partial charge < -0.3 is 20.7 Å². The van der Waals surface area contributed by atoms with Crippen molar-refractivity contribution in [2.75, 3.05) is 7.11 Å². The van der Waals surface area contributed by atoms with Gasteiger partial charge in [0.05, 0.1) is 12.8 Å². The molecule has 0 radical (unpaired) electrons. The zero-order valence-corrected chi connectivity index (χ0v) is 8.88. The molecule has 0 aromatic carbocycles. The molecule has 1 aromatic rings. The van der Waals surface area contributed by atoms with Gasteiger partial charge in [-0.1, -0.05) is 0 Å². The van der Waals surface area contributed by atoms with Crippen LogP contribution in [0.3, 0.4) is 0 Å². The number of nitrogens with zero attached hydrogens (tertiary/aromatic N) is 2. The van der Waals surface area contributed by atoms with E-state index in [1.165, 1.54) is 0 Å². The molecule has 0 atom stereocenters. The maximum absolute atomic E-state index is 9.10. The first-order chi connectivity index (χ1) is 7.42. The van der Waals surface area contributed by atoms with Gasteiger partial charge in [-0.2, -0.15) is 0 Å². The monoisotopic (exact) mass is 231 g/mol. The smallest absolute Gasteiger partial charge is 0.414 e. The van der Waals surface area contributed by atoms with Gasteiger partial charge in [-0.15, -0.1) is 5.10 Å². The molecule has 0 bridgehead atoms. The van der Waals surface area contributed by atoms with Crippen LogP contribution in [0.1, 0.15) is 5.69 Å². The van der Waals surface area contributed by atoms with Gasteiger partial charge in [0, 0.05) is 19.7 Å². The Morgan fingerprint density at radius 3 is 2.19 bits per heavy atom. The number of hydrogen-bond acceptors (Lipinski definition) is 5.